The monoisotopic (exact) mass is 445 g/mol. The molecule has 2 aliphatic heterocycles. The molecule has 0 saturated carbocycles. The molecule has 1 N–H and O–H groups in total. The van der Waals surface area contributed by atoms with E-state index in [0.29, 0.717) is 55.6 Å². The van der Waals surface area contributed by atoms with Crippen LogP contribution in [0.4, 0.5) is 0 Å². The number of piperidine rings is 1. The quantitative estimate of drug-likeness (QED) is 0.726. The number of carbonyl (C=O) groups excluding carboxylic acids is 3. The zero-order valence-electron chi connectivity index (χ0n) is 19.8. The Bertz CT molecular complexity index is 856. The summed E-state index contributed by atoms with van der Waals surface area (Å²) in [6.07, 6.45) is 1.97. The van der Waals surface area contributed by atoms with Gasteiger partial charge in [0.05, 0.1) is 20.1 Å². The summed E-state index contributed by atoms with van der Waals surface area (Å²) in [6.45, 7) is 8.39. The predicted octanol–water partition coefficient (Wildman–Crippen LogP) is 2.32. The molecule has 2 heterocycles. The summed E-state index contributed by atoms with van der Waals surface area (Å²) in [6, 6.07) is 5.09. The summed E-state index contributed by atoms with van der Waals surface area (Å²) in [5.41, 5.74) is 0.259. The Balaban J connectivity index is 1.47. The molecular weight excluding hydrogens is 410 g/mol. The Morgan fingerprint density at radius 3 is 2.31 bits per heavy atom. The zero-order chi connectivity index (χ0) is 23.5. The molecule has 176 valence electrons. The second-order valence-electron chi connectivity index (χ2n) is 9.62. The number of hydrogen-bond acceptors (Lipinski definition) is 5. The van der Waals surface area contributed by atoms with Crippen molar-refractivity contribution in [1.82, 2.24) is 15.1 Å². The van der Waals surface area contributed by atoms with Crippen LogP contribution in [0.25, 0.3) is 0 Å². The van der Waals surface area contributed by atoms with Crippen molar-refractivity contribution < 1.29 is 23.9 Å². The van der Waals surface area contributed by atoms with Gasteiger partial charge in [0.1, 0.15) is 0 Å². The van der Waals surface area contributed by atoms with E-state index in [0.717, 1.165) is 12.8 Å². The number of amides is 3. The maximum atomic E-state index is 12.9. The number of nitrogens with zero attached hydrogens (tertiary/aromatic N) is 2. The minimum absolute atomic E-state index is 0.0589. The van der Waals surface area contributed by atoms with Gasteiger partial charge in [0.25, 0.3) is 5.91 Å². The van der Waals surface area contributed by atoms with E-state index in [1.807, 2.05) is 30.6 Å². The highest BCUT2D eigenvalue weighted by atomic mass is 16.5. The maximum absolute atomic E-state index is 12.9. The van der Waals surface area contributed by atoms with Crippen LogP contribution in [0.5, 0.6) is 11.5 Å². The van der Waals surface area contributed by atoms with Gasteiger partial charge in [-0.15, -0.1) is 0 Å². The summed E-state index contributed by atoms with van der Waals surface area (Å²) < 4.78 is 10.5. The average Bonchev–Trinajstić information content (AvgIpc) is 3.19. The lowest BCUT2D eigenvalue weighted by molar-refractivity contribution is -0.137. The third-order valence-corrected chi connectivity index (χ3v) is 6.41. The van der Waals surface area contributed by atoms with E-state index in [1.54, 1.807) is 25.3 Å². The highest BCUT2D eigenvalue weighted by Crippen LogP contribution is 2.29. The molecule has 1 unspecified atom stereocenters. The van der Waals surface area contributed by atoms with Gasteiger partial charge in [0.15, 0.2) is 11.5 Å². The number of ether oxygens (including phenoxy) is 2. The highest BCUT2D eigenvalue weighted by molar-refractivity contribution is 5.95. The van der Waals surface area contributed by atoms with Crippen LogP contribution in [0.1, 0.15) is 50.4 Å². The number of carbonyl (C=O) groups is 3. The van der Waals surface area contributed by atoms with E-state index < -0.39 is 0 Å². The van der Waals surface area contributed by atoms with E-state index in [-0.39, 0.29) is 29.2 Å². The Morgan fingerprint density at radius 1 is 1.09 bits per heavy atom. The number of likely N-dealkylation sites (tertiary alicyclic amines) is 2. The van der Waals surface area contributed by atoms with Gasteiger partial charge < -0.3 is 24.6 Å². The number of benzene rings is 1. The molecule has 0 aliphatic carbocycles. The van der Waals surface area contributed by atoms with Crippen LogP contribution >= 0.6 is 0 Å². The van der Waals surface area contributed by atoms with Crippen molar-refractivity contribution in [3.63, 3.8) is 0 Å². The average molecular weight is 446 g/mol. The predicted molar refractivity (Wildman–Crippen MR) is 121 cm³/mol. The number of methoxy groups -OCH3 is 2. The topological polar surface area (TPSA) is 88.2 Å². The minimum atomic E-state index is -0.259. The van der Waals surface area contributed by atoms with Gasteiger partial charge in [0.2, 0.25) is 11.8 Å². The molecule has 3 rings (SSSR count). The fraction of sp³-hybridized carbons (Fsp3) is 0.625. The maximum Gasteiger partial charge on any atom is 0.251 e. The van der Waals surface area contributed by atoms with E-state index in [4.69, 9.17) is 9.47 Å². The second kappa shape index (κ2) is 9.79. The van der Waals surface area contributed by atoms with Crippen molar-refractivity contribution in [3.05, 3.63) is 23.8 Å². The molecule has 1 aromatic carbocycles. The van der Waals surface area contributed by atoms with Gasteiger partial charge in [-0.1, -0.05) is 0 Å². The fourth-order valence-corrected chi connectivity index (χ4v) is 4.45. The Hall–Kier alpha value is -2.77. The molecule has 0 bridgehead atoms. The molecule has 1 atom stereocenters. The van der Waals surface area contributed by atoms with Crippen molar-refractivity contribution >= 4 is 17.7 Å². The second-order valence-corrected chi connectivity index (χ2v) is 9.62. The SMILES string of the molecule is COc1ccc(C(=O)NCC2CCN(C(=O)C3CC(=O)N(C(C)(C)C)C3)CC2)cc1OC. The molecule has 0 spiro atoms. The van der Waals surface area contributed by atoms with Crippen molar-refractivity contribution in [2.24, 2.45) is 11.8 Å². The third-order valence-electron chi connectivity index (χ3n) is 6.41. The van der Waals surface area contributed by atoms with Crippen LogP contribution in [0, 0.1) is 11.8 Å². The molecule has 2 aliphatic rings. The molecule has 32 heavy (non-hydrogen) atoms. The van der Waals surface area contributed by atoms with Gasteiger partial charge >= 0.3 is 0 Å². The molecule has 8 nitrogen and oxygen atoms in total. The van der Waals surface area contributed by atoms with Gasteiger partial charge in [-0.2, -0.15) is 0 Å². The molecule has 3 amide bonds. The summed E-state index contributed by atoms with van der Waals surface area (Å²) >= 11 is 0. The molecule has 8 heteroatoms. The molecule has 0 radical (unpaired) electrons. The van der Waals surface area contributed by atoms with Gasteiger partial charge in [-0.25, -0.2) is 0 Å². The first-order valence-corrected chi connectivity index (χ1v) is 11.2. The van der Waals surface area contributed by atoms with E-state index in [2.05, 4.69) is 5.32 Å². The normalized spacial score (nSPS) is 19.8. The molecule has 0 aromatic heterocycles. The molecular formula is C24H35N3O5. The Kier molecular flexibility index (Phi) is 7.31. The van der Waals surface area contributed by atoms with Crippen LogP contribution in [0.2, 0.25) is 0 Å². The van der Waals surface area contributed by atoms with Gasteiger partial charge in [0, 0.05) is 43.7 Å². The number of rotatable bonds is 6. The van der Waals surface area contributed by atoms with Crippen LogP contribution < -0.4 is 14.8 Å². The molecule has 2 fully saturated rings. The van der Waals surface area contributed by atoms with Crippen molar-refractivity contribution in [2.45, 2.75) is 45.6 Å². The van der Waals surface area contributed by atoms with Crippen LogP contribution in [-0.2, 0) is 9.59 Å². The van der Waals surface area contributed by atoms with Crippen molar-refractivity contribution in [2.75, 3.05) is 40.4 Å². The van der Waals surface area contributed by atoms with E-state index >= 15 is 0 Å². The lowest BCUT2D eigenvalue weighted by Crippen LogP contribution is -2.46. The summed E-state index contributed by atoms with van der Waals surface area (Å²) in [7, 11) is 3.09. The van der Waals surface area contributed by atoms with Crippen LogP contribution in [-0.4, -0.2) is 73.5 Å². The fourth-order valence-electron chi connectivity index (χ4n) is 4.45. The minimum Gasteiger partial charge on any atom is -0.493 e. The first-order chi connectivity index (χ1) is 15.1. The van der Waals surface area contributed by atoms with Gasteiger partial charge in [-0.05, 0) is 57.7 Å². The van der Waals surface area contributed by atoms with Gasteiger partial charge in [-0.3, -0.25) is 14.4 Å². The smallest absolute Gasteiger partial charge is 0.251 e. The zero-order valence-corrected chi connectivity index (χ0v) is 19.8. The first-order valence-electron chi connectivity index (χ1n) is 11.2. The van der Waals surface area contributed by atoms with Crippen LogP contribution in [0.15, 0.2) is 18.2 Å². The largest absolute Gasteiger partial charge is 0.493 e. The van der Waals surface area contributed by atoms with Crippen molar-refractivity contribution in [3.8, 4) is 11.5 Å². The standard InChI is InChI=1S/C24H35N3O5/c1-24(2,3)27-15-18(13-21(27)28)23(30)26-10-8-16(9-11-26)14-25-22(29)17-6-7-19(31-4)20(12-17)32-5/h6-7,12,16,18H,8-11,13-15H2,1-5H3,(H,25,29). The Morgan fingerprint density at radius 2 is 1.75 bits per heavy atom. The van der Waals surface area contributed by atoms with E-state index in [1.165, 1.54) is 7.11 Å². The summed E-state index contributed by atoms with van der Waals surface area (Å²) in [5.74, 6) is 1.15. The third kappa shape index (κ3) is 5.34. The van der Waals surface area contributed by atoms with Crippen molar-refractivity contribution in [1.29, 1.82) is 0 Å². The lowest BCUT2D eigenvalue weighted by atomic mass is 9.95. The molecule has 2 saturated heterocycles. The van der Waals surface area contributed by atoms with E-state index in [9.17, 15) is 14.4 Å². The number of hydrogen-bond donors (Lipinski definition) is 1. The summed E-state index contributed by atoms with van der Waals surface area (Å²) in [4.78, 5) is 41.5. The lowest BCUT2D eigenvalue weighted by Gasteiger charge is -2.34. The number of nitrogens with one attached hydrogen (secondary N) is 1. The first kappa shape index (κ1) is 23.9. The highest BCUT2D eigenvalue weighted by Gasteiger charge is 2.41. The summed E-state index contributed by atoms with van der Waals surface area (Å²) in [5, 5.41) is 2.99. The van der Waals surface area contributed by atoms with Crippen LogP contribution in [0.3, 0.4) is 0 Å². The molecule has 1 aromatic rings. The Labute approximate surface area is 190 Å².